The van der Waals surface area contributed by atoms with Crippen LogP contribution in [0.5, 0.6) is 5.75 Å². The first-order chi connectivity index (χ1) is 8.25. The van der Waals surface area contributed by atoms with Gasteiger partial charge in [-0.1, -0.05) is 6.07 Å². The zero-order chi connectivity index (χ0) is 11.9. The molecule has 1 fully saturated rings. The molecule has 3 nitrogen and oxygen atoms in total. The van der Waals surface area contributed by atoms with Gasteiger partial charge in [-0.05, 0) is 50.0 Å². The molecule has 2 aliphatic rings. The summed E-state index contributed by atoms with van der Waals surface area (Å²) in [7, 11) is 1.64. The normalized spacial score (nSPS) is 20.4. The van der Waals surface area contributed by atoms with Crippen molar-refractivity contribution < 1.29 is 9.53 Å². The predicted octanol–water partition coefficient (Wildman–Crippen LogP) is 2.23. The standard InChI is InChI=1S/C14H17NO2.ClH/c1-17-11-3-2-10-9-14(4-6-15-7-5-14)13(16)12(10)8-11;/h2-3,8,15H,4-7,9H2,1H3;1H. The quantitative estimate of drug-likeness (QED) is 0.848. The van der Waals surface area contributed by atoms with Crippen molar-refractivity contribution in [2.45, 2.75) is 19.3 Å². The number of ketones is 1. The van der Waals surface area contributed by atoms with Gasteiger partial charge in [-0.3, -0.25) is 4.79 Å². The smallest absolute Gasteiger partial charge is 0.169 e. The second-order valence-corrected chi connectivity index (χ2v) is 5.06. The van der Waals surface area contributed by atoms with E-state index in [0.29, 0.717) is 5.78 Å². The van der Waals surface area contributed by atoms with Crippen LogP contribution in [0.4, 0.5) is 0 Å². The van der Waals surface area contributed by atoms with Gasteiger partial charge in [0.15, 0.2) is 5.78 Å². The van der Waals surface area contributed by atoms with E-state index in [1.165, 1.54) is 5.56 Å². The number of rotatable bonds is 1. The number of benzene rings is 1. The van der Waals surface area contributed by atoms with Crippen LogP contribution in [0.1, 0.15) is 28.8 Å². The molecule has 0 amide bonds. The molecule has 0 aromatic heterocycles. The predicted molar refractivity (Wildman–Crippen MR) is 72.8 cm³/mol. The number of hydrogen-bond acceptors (Lipinski definition) is 3. The number of carbonyl (C=O) groups is 1. The summed E-state index contributed by atoms with van der Waals surface area (Å²) >= 11 is 0. The van der Waals surface area contributed by atoms with E-state index >= 15 is 0 Å². The first-order valence-electron chi connectivity index (χ1n) is 6.18. The third-order valence-corrected chi connectivity index (χ3v) is 4.13. The first kappa shape index (κ1) is 13.4. The molecule has 4 heteroatoms. The van der Waals surface area contributed by atoms with Crippen LogP contribution < -0.4 is 10.1 Å². The van der Waals surface area contributed by atoms with Gasteiger partial charge in [-0.15, -0.1) is 12.4 Å². The van der Waals surface area contributed by atoms with Crippen LogP contribution >= 0.6 is 12.4 Å². The molecule has 0 radical (unpaired) electrons. The Bertz CT molecular complexity index is 467. The Morgan fingerprint density at radius 2 is 2.00 bits per heavy atom. The molecule has 18 heavy (non-hydrogen) atoms. The molecule has 3 rings (SSSR count). The van der Waals surface area contributed by atoms with Crippen molar-refractivity contribution in [2.75, 3.05) is 20.2 Å². The number of carbonyl (C=O) groups excluding carboxylic acids is 1. The summed E-state index contributed by atoms with van der Waals surface area (Å²) in [5.74, 6) is 1.11. The van der Waals surface area contributed by atoms with Gasteiger partial charge in [0.05, 0.1) is 7.11 Å². The number of nitrogens with one attached hydrogen (secondary N) is 1. The molecule has 0 atom stereocenters. The topological polar surface area (TPSA) is 38.3 Å². The molecule has 1 saturated heterocycles. The maximum Gasteiger partial charge on any atom is 0.169 e. The molecule has 0 saturated carbocycles. The van der Waals surface area contributed by atoms with E-state index in [-0.39, 0.29) is 17.8 Å². The van der Waals surface area contributed by atoms with Crippen LogP contribution in [0.2, 0.25) is 0 Å². The number of Topliss-reactive ketones (excluding diaryl/α,β-unsaturated/α-hetero) is 1. The number of halogens is 1. The SMILES string of the molecule is COc1ccc2c(c1)C(=O)C1(CCNCC1)C2.Cl. The fraction of sp³-hybridized carbons (Fsp3) is 0.500. The van der Waals surface area contributed by atoms with Crippen molar-refractivity contribution in [2.24, 2.45) is 5.41 Å². The molecule has 1 aliphatic carbocycles. The van der Waals surface area contributed by atoms with Crippen molar-refractivity contribution in [1.29, 1.82) is 0 Å². The summed E-state index contributed by atoms with van der Waals surface area (Å²) in [6.07, 6.45) is 2.83. The summed E-state index contributed by atoms with van der Waals surface area (Å²) < 4.78 is 5.20. The second-order valence-electron chi connectivity index (χ2n) is 5.06. The van der Waals surface area contributed by atoms with Crippen molar-refractivity contribution >= 4 is 18.2 Å². The van der Waals surface area contributed by atoms with Crippen molar-refractivity contribution in [3.8, 4) is 5.75 Å². The van der Waals surface area contributed by atoms with Crippen molar-refractivity contribution in [3.63, 3.8) is 0 Å². The molecule has 98 valence electrons. The average molecular weight is 268 g/mol. The van der Waals surface area contributed by atoms with E-state index < -0.39 is 0 Å². The number of ether oxygens (including phenoxy) is 1. The van der Waals surface area contributed by atoms with Gasteiger partial charge in [-0.2, -0.15) is 0 Å². The Labute approximate surface area is 113 Å². The highest BCUT2D eigenvalue weighted by Gasteiger charge is 2.45. The highest BCUT2D eigenvalue weighted by molar-refractivity contribution is 6.05. The van der Waals surface area contributed by atoms with Crippen molar-refractivity contribution in [3.05, 3.63) is 29.3 Å². The van der Waals surface area contributed by atoms with Gasteiger partial charge in [0.2, 0.25) is 0 Å². The Morgan fingerprint density at radius 1 is 1.28 bits per heavy atom. The molecule has 0 bridgehead atoms. The van der Waals surface area contributed by atoms with Gasteiger partial charge < -0.3 is 10.1 Å². The molecule has 1 aliphatic heterocycles. The molecule has 1 heterocycles. The Morgan fingerprint density at radius 3 is 2.67 bits per heavy atom. The Hall–Kier alpha value is -1.06. The van der Waals surface area contributed by atoms with E-state index in [0.717, 1.165) is 43.7 Å². The maximum atomic E-state index is 12.6. The minimum absolute atomic E-state index is 0. The lowest BCUT2D eigenvalue weighted by molar-refractivity contribution is 0.0761. The minimum atomic E-state index is -0.125. The summed E-state index contributed by atoms with van der Waals surface area (Å²) in [6.45, 7) is 1.91. The molecule has 1 spiro atoms. The van der Waals surface area contributed by atoms with Gasteiger partial charge in [-0.25, -0.2) is 0 Å². The number of piperidine rings is 1. The third-order valence-electron chi connectivity index (χ3n) is 4.13. The number of fused-ring (bicyclic) bond motifs is 1. The van der Waals surface area contributed by atoms with Crippen LogP contribution in [0.3, 0.4) is 0 Å². The van der Waals surface area contributed by atoms with Crippen molar-refractivity contribution in [1.82, 2.24) is 5.32 Å². The molecule has 1 aromatic carbocycles. The van der Waals surface area contributed by atoms with Crippen LogP contribution in [0.15, 0.2) is 18.2 Å². The van der Waals surface area contributed by atoms with E-state index in [1.54, 1.807) is 7.11 Å². The summed E-state index contributed by atoms with van der Waals surface area (Å²) in [6, 6.07) is 5.89. The largest absolute Gasteiger partial charge is 0.497 e. The molecule has 1 aromatic rings. The van der Waals surface area contributed by atoms with Gasteiger partial charge >= 0.3 is 0 Å². The zero-order valence-electron chi connectivity index (χ0n) is 10.5. The lowest BCUT2D eigenvalue weighted by atomic mass is 9.75. The Kier molecular flexibility index (Phi) is 3.64. The van der Waals surface area contributed by atoms with Gasteiger partial charge in [0.25, 0.3) is 0 Å². The lowest BCUT2D eigenvalue weighted by Crippen LogP contribution is -2.40. The average Bonchev–Trinajstić information content (AvgIpc) is 2.63. The fourth-order valence-electron chi connectivity index (χ4n) is 3.09. The summed E-state index contributed by atoms with van der Waals surface area (Å²) in [5, 5.41) is 3.33. The van der Waals surface area contributed by atoms with Crippen LogP contribution in [-0.2, 0) is 6.42 Å². The van der Waals surface area contributed by atoms with Gasteiger partial charge in [0.1, 0.15) is 5.75 Å². The third kappa shape index (κ3) is 1.91. The monoisotopic (exact) mass is 267 g/mol. The molecular weight excluding hydrogens is 250 g/mol. The first-order valence-corrected chi connectivity index (χ1v) is 6.18. The molecule has 1 N–H and O–H groups in total. The van der Waals surface area contributed by atoms with E-state index in [4.69, 9.17) is 4.74 Å². The lowest BCUT2D eigenvalue weighted by Gasteiger charge is -2.31. The highest BCUT2D eigenvalue weighted by Crippen LogP contribution is 2.44. The summed E-state index contributed by atoms with van der Waals surface area (Å²) in [5.41, 5.74) is 1.95. The van der Waals surface area contributed by atoms with E-state index in [1.807, 2.05) is 18.2 Å². The van der Waals surface area contributed by atoms with Crippen LogP contribution in [0.25, 0.3) is 0 Å². The molecule has 0 unspecified atom stereocenters. The van der Waals surface area contributed by atoms with Crippen LogP contribution in [0, 0.1) is 5.41 Å². The molecular formula is C14H18ClNO2. The summed E-state index contributed by atoms with van der Waals surface area (Å²) in [4.78, 5) is 12.6. The van der Waals surface area contributed by atoms with E-state index in [2.05, 4.69) is 5.32 Å². The highest BCUT2D eigenvalue weighted by atomic mass is 35.5. The number of hydrogen-bond donors (Lipinski definition) is 1. The minimum Gasteiger partial charge on any atom is -0.497 e. The van der Waals surface area contributed by atoms with E-state index in [9.17, 15) is 4.79 Å². The van der Waals surface area contributed by atoms with Crippen LogP contribution in [-0.4, -0.2) is 26.0 Å². The second kappa shape index (κ2) is 4.90. The zero-order valence-corrected chi connectivity index (χ0v) is 11.3. The number of methoxy groups -OCH3 is 1. The Balaban J connectivity index is 0.00000120. The fourth-order valence-corrected chi connectivity index (χ4v) is 3.09. The van der Waals surface area contributed by atoms with Gasteiger partial charge in [0, 0.05) is 11.0 Å². The maximum absolute atomic E-state index is 12.6.